The van der Waals surface area contributed by atoms with Gasteiger partial charge in [-0.2, -0.15) is 0 Å². The lowest BCUT2D eigenvalue weighted by Crippen LogP contribution is -2.12. The SMILES string of the molecule is COC(=O)OCOC(=O)CCCCC(=O)O. The smallest absolute Gasteiger partial charge is 0.481 e. The molecule has 16 heavy (non-hydrogen) atoms. The van der Waals surface area contributed by atoms with Gasteiger partial charge in [0.15, 0.2) is 0 Å². The molecule has 1 N–H and O–H groups in total. The van der Waals surface area contributed by atoms with Gasteiger partial charge in [0.25, 0.3) is 0 Å². The summed E-state index contributed by atoms with van der Waals surface area (Å²) in [7, 11) is 1.13. The van der Waals surface area contributed by atoms with Gasteiger partial charge >= 0.3 is 18.1 Å². The monoisotopic (exact) mass is 234 g/mol. The first-order chi connectivity index (χ1) is 7.56. The van der Waals surface area contributed by atoms with Crippen molar-refractivity contribution in [1.29, 1.82) is 0 Å². The average molecular weight is 234 g/mol. The standard InChI is InChI=1S/C9H14O7/c1-14-9(13)16-6-15-8(12)5-3-2-4-7(10)11/h2-6H2,1H3,(H,10,11). The molecule has 0 aliphatic carbocycles. The van der Waals surface area contributed by atoms with Gasteiger partial charge < -0.3 is 19.3 Å². The molecule has 0 spiro atoms. The lowest BCUT2D eigenvalue weighted by atomic mass is 10.2. The van der Waals surface area contributed by atoms with Gasteiger partial charge in [0.2, 0.25) is 6.79 Å². The molecule has 92 valence electrons. The van der Waals surface area contributed by atoms with Gasteiger partial charge in [-0.05, 0) is 12.8 Å². The van der Waals surface area contributed by atoms with E-state index in [4.69, 9.17) is 5.11 Å². The van der Waals surface area contributed by atoms with Gasteiger partial charge in [-0.3, -0.25) is 9.59 Å². The van der Waals surface area contributed by atoms with Gasteiger partial charge in [-0.15, -0.1) is 0 Å². The first kappa shape index (κ1) is 14.2. The fraction of sp³-hybridized carbons (Fsp3) is 0.667. The summed E-state index contributed by atoms with van der Waals surface area (Å²) in [5, 5.41) is 8.32. The van der Waals surface area contributed by atoms with Crippen LogP contribution in [0.25, 0.3) is 0 Å². The number of hydrogen-bond acceptors (Lipinski definition) is 6. The Morgan fingerprint density at radius 2 is 1.69 bits per heavy atom. The van der Waals surface area contributed by atoms with E-state index in [-0.39, 0.29) is 12.8 Å². The van der Waals surface area contributed by atoms with Gasteiger partial charge in [0.05, 0.1) is 7.11 Å². The van der Waals surface area contributed by atoms with Crippen LogP contribution in [0.2, 0.25) is 0 Å². The maximum absolute atomic E-state index is 11.0. The molecule has 7 heteroatoms. The number of unbranched alkanes of at least 4 members (excludes halogenated alkanes) is 1. The first-order valence-electron chi connectivity index (χ1n) is 4.64. The van der Waals surface area contributed by atoms with Gasteiger partial charge in [0.1, 0.15) is 0 Å². The maximum atomic E-state index is 11.0. The highest BCUT2D eigenvalue weighted by molar-refractivity contribution is 5.70. The molecule has 0 saturated carbocycles. The molecule has 0 rings (SSSR count). The Morgan fingerprint density at radius 1 is 1.06 bits per heavy atom. The molecular formula is C9H14O7. The van der Waals surface area contributed by atoms with E-state index in [1.165, 1.54) is 0 Å². The number of carboxylic acids is 1. The molecule has 7 nitrogen and oxygen atoms in total. The van der Waals surface area contributed by atoms with Crippen LogP contribution in [-0.4, -0.2) is 37.1 Å². The number of ether oxygens (including phenoxy) is 3. The number of methoxy groups -OCH3 is 1. The van der Waals surface area contributed by atoms with Crippen LogP contribution in [-0.2, 0) is 23.8 Å². The quantitative estimate of drug-likeness (QED) is 0.397. The second-order valence-corrected chi connectivity index (χ2v) is 2.83. The Kier molecular flexibility index (Phi) is 7.56. The zero-order valence-corrected chi connectivity index (χ0v) is 8.93. The summed E-state index contributed by atoms with van der Waals surface area (Å²) in [6.45, 7) is -0.496. The second kappa shape index (κ2) is 8.51. The first-order valence-corrected chi connectivity index (χ1v) is 4.64. The molecule has 0 aliphatic rings. The topological polar surface area (TPSA) is 99.1 Å². The Balaban J connectivity index is 3.38. The van der Waals surface area contributed by atoms with E-state index in [2.05, 4.69) is 14.2 Å². The maximum Gasteiger partial charge on any atom is 0.510 e. The molecule has 0 aromatic heterocycles. The van der Waals surface area contributed by atoms with Crippen molar-refractivity contribution in [3.05, 3.63) is 0 Å². The predicted molar refractivity (Wildman–Crippen MR) is 50.6 cm³/mol. The lowest BCUT2D eigenvalue weighted by molar-refractivity contribution is -0.153. The van der Waals surface area contributed by atoms with Crippen LogP contribution in [0.3, 0.4) is 0 Å². The molecule has 0 heterocycles. The highest BCUT2D eigenvalue weighted by Crippen LogP contribution is 2.01. The third kappa shape index (κ3) is 8.79. The predicted octanol–water partition coefficient (Wildman–Crippen LogP) is 0.915. The minimum Gasteiger partial charge on any atom is -0.481 e. The largest absolute Gasteiger partial charge is 0.510 e. The highest BCUT2D eigenvalue weighted by atomic mass is 16.8. The van der Waals surface area contributed by atoms with Crippen LogP contribution < -0.4 is 0 Å². The Labute approximate surface area is 92.3 Å². The number of hydrogen-bond donors (Lipinski definition) is 1. The van der Waals surface area contributed by atoms with Crippen molar-refractivity contribution < 1.29 is 33.7 Å². The second-order valence-electron chi connectivity index (χ2n) is 2.83. The van der Waals surface area contributed by atoms with Crippen molar-refractivity contribution in [3.8, 4) is 0 Å². The Morgan fingerprint density at radius 3 is 2.25 bits per heavy atom. The Hall–Kier alpha value is -1.79. The molecule has 0 aliphatic heterocycles. The number of carbonyl (C=O) groups excluding carboxylic acids is 2. The minimum absolute atomic E-state index is 0.0198. The molecule has 0 saturated heterocycles. The average Bonchev–Trinajstić information content (AvgIpc) is 2.24. The number of aliphatic carboxylic acids is 1. The van der Waals surface area contributed by atoms with E-state index >= 15 is 0 Å². The van der Waals surface area contributed by atoms with Crippen LogP contribution in [0.1, 0.15) is 25.7 Å². The van der Waals surface area contributed by atoms with Gasteiger partial charge in [0, 0.05) is 12.8 Å². The van der Waals surface area contributed by atoms with Crippen LogP contribution in [0.5, 0.6) is 0 Å². The number of rotatable bonds is 7. The van der Waals surface area contributed by atoms with Crippen molar-refractivity contribution in [2.24, 2.45) is 0 Å². The summed E-state index contributed by atoms with van der Waals surface area (Å²) >= 11 is 0. The van der Waals surface area contributed by atoms with E-state index in [9.17, 15) is 14.4 Å². The summed E-state index contributed by atoms with van der Waals surface area (Å²) in [4.78, 5) is 31.5. The van der Waals surface area contributed by atoms with Crippen LogP contribution >= 0.6 is 0 Å². The van der Waals surface area contributed by atoms with E-state index < -0.39 is 24.9 Å². The van der Waals surface area contributed by atoms with Crippen molar-refractivity contribution in [1.82, 2.24) is 0 Å². The minimum atomic E-state index is -0.932. The molecule has 0 bridgehead atoms. The highest BCUT2D eigenvalue weighted by Gasteiger charge is 2.06. The molecule has 0 fully saturated rings. The van der Waals surface area contributed by atoms with E-state index in [1.807, 2.05) is 0 Å². The summed E-state index contributed by atoms with van der Waals surface area (Å²) in [5.41, 5.74) is 0. The van der Waals surface area contributed by atoms with Gasteiger partial charge in [-0.1, -0.05) is 0 Å². The zero-order chi connectivity index (χ0) is 12.4. The third-order valence-electron chi connectivity index (χ3n) is 1.58. The molecule has 0 amide bonds. The van der Waals surface area contributed by atoms with Crippen LogP contribution in [0.4, 0.5) is 4.79 Å². The molecule has 0 radical (unpaired) electrons. The summed E-state index contributed by atoms with van der Waals surface area (Å²) < 4.78 is 13.0. The van der Waals surface area contributed by atoms with Crippen molar-refractivity contribution in [2.75, 3.05) is 13.9 Å². The van der Waals surface area contributed by atoms with Crippen molar-refractivity contribution >= 4 is 18.1 Å². The normalized spacial score (nSPS) is 9.31. The summed E-state index contributed by atoms with van der Waals surface area (Å²) in [6.07, 6.45) is 0.00810. The fourth-order valence-electron chi connectivity index (χ4n) is 0.820. The number of esters is 1. The molecular weight excluding hydrogens is 220 g/mol. The van der Waals surface area contributed by atoms with E-state index in [0.717, 1.165) is 7.11 Å². The lowest BCUT2D eigenvalue weighted by Gasteiger charge is -2.04. The summed E-state index contributed by atoms with van der Waals surface area (Å²) in [6, 6.07) is 0. The van der Waals surface area contributed by atoms with Crippen molar-refractivity contribution in [3.63, 3.8) is 0 Å². The molecule has 0 aromatic carbocycles. The third-order valence-corrected chi connectivity index (χ3v) is 1.58. The Bertz CT molecular complexity index is 248. The fourth-order valence-corrected chi connectivity index (χ4v) is 0.820. The van der Waals surface area contributed by atoms with E-state index in [1.54, 1.807) is 0 Å². The molecule has 0 unspecified atom stereocenters. The number of carbonyl (C=O) groups is 3. The van der Waals surface area contributed by atoms with E-state index in [0.29, 0.717) is 12.8 Å². The summed E-state index contributed by atoms with van der Waals surface area (Å²) in [5.74, 6) is -1.45. The number of carboxylic acid groups (broad SMARTS) is 1. The van der Waals surface area contributed by atoms with Crippen LogP contribution in [0, 0.1) is 0 Å². The van der Waals surface area contributed by atoms with Crippen molar-refractivity contribution in [2.45, 2.75) is 25.7 Å². The van der Waals surface area contributed by atoms with Crippen LogP contribution in [0.15, 0.2) is 0 Å². The molecule has 0 atom stereocenters. The van der Waals surface area contributed by atoms with Gasteiger partial charge in [-0.25, -0.2) is 4.79 Å². The molecule has 0 aromatic rings. The zero-order valence-electron chi connectivity index (χ0n) is 8.93.